The summed E-state index contributed by atoms with van der Waals surface area (Å²) in [7, 11) is 0. The number of azo groups is 1. The Morgan fingerprint density at radius 3 is 2.18 bits per heavy atom. The van der Waals surface area contributed by atoms with Gasteiger partial charge in [0.15, 0.2) is 17.3 Å². The number of carbonyl (C=O) groups is 2. The van der Waals surface area contributed by atoms with Crippen molar-refractivity contribution in [2.45, 2.75) is 40.7 Å². The van der Waals surface area contributed by atoms with Crippen molar-refractivity contribution in [3.05, 3.63) is 36.4 Å². The van der Waals surface area contributed by atoms with Gasteiger partial charge in [-0.1, -0.05) is 6.07 Å². The van der Waals surface area contributed by atoms with E-state index in [-0.39, 0.29) is 5.69 Å². The molecule has 184 valence electrons. The quantitative estimate of drug-likeness (QED) is 0.208. The summed E-state index contributed by atoms with van der Waals surface area (Å²) in [4.78, 5) is 25.5. The smallest absolute Gasteiger partial charge is 0.276 e. The summed E-state index contributed by atoms with van der Waals surface area (Å²) in [6, 6.07) is 8.51. The van der Waals surface area contributed by atoms with Crippen molar-refractivity contribution in [3.63, 3.8) is 0 Å². The summed E-state index contributed by atoms with van der Waals surface area (Å²) in [5, 5.41) is 8.11. The van der Waals surface area contributed by atoms with Gasteiger partial charge in [0, 0.05) is 17.8 Å². The molecular weight excluding hydrogens is 462 g/mol. The van der Waals surface area contributed by atoms with Crippen LogP contribution in [0, 0.1) is 0 Å². The summed E-state index contributed by atoms with van der Waals surface area (Å²) in [5.74, 6) is 0.432. The van der Waals surface area contributed by atoms with E-state index in [1.54, 1.807) is 43.3 Å². The van der Waals surface area contributed by atoms with Crippen LogP contribution < -0.4 is 23.4 Å². The van der Waals surface area contributed by atoms with Gasteiger partial charge in [-0.3, -0.25) is 9.59 Å². The second kappa shape index (κ2) is 13.4. The maximum absolute atomic E-state index is 13.2. The molecule has 10 heteroatoms. The molecule has 2 aromatic carbocycles. The average Bonchev–Trinajstić information content (AvgIpc) is 2.81. The lowest BCUT2D eigenvalue weighted by Crippen LogP contribution is -2.36. The van der Waals surface area contributed by atoms with Gasteiger partial charge in [-0.15, -0.1) is 0 Å². The Labute approximate surface area is 204 Å². The van der Waals surface area contributed by atoms with E-state index in [2.05, 4.69) is 10.2 Å². The van der Waals surface area contributed by atoms with Gasteiger partial charge in [0.05, 0.1) is 26.4 Å². The number of rotatable bonds is 13. The molecule has 0 heterocycles. The molecule has 9 nitrogen and oxygen atoms in total. The SMILES string of the molecule is CCOc1ccc(N=NC(C(C)=O)C(=O)N(Cl)c2cccc(OCC)c2OCC)c(OCC)c1. The topological polar surface area (TPSA) is 99.0 Å². The summed E-state index contributed by atoms with van der Waals surface area (Å²) in [6.07, 6.45) is 0. The van der Waals surface area contributed by atoms with Gasteiger partial charge in [0.25, 0.3) is 5.91 Å². The van der Waals surface area contributed by atoms with E-state index >= 15 is 0 Å². The fourth-order valence-corrected chi connectivity index (χ4v) is 3.20. The van der Waals surface area contributed by atoms with Gasteiger partial charge in [-0.2, -0.15) is 10.2 Å². The Hall–Kier alpha value is -3.33. The third-order valence-electron chi connectivity index (χ3n) is 4.39. The molecule has 0 bridgehead atoms. The first kappa shape index (κ1) is 26.9. The normalized spacial score (nSPS) is 11.7. The lowest BCUT2D eigenvalue weighted by Gasteiger charge is -2.21. The zero-order chi connectivity index (χ0) is 25.1. The van der Waals surface area contributed by atoms with Gasteiger partial charge in [-0.25, -0.2) is 4.42 Å². The zero-order valence-electron chi connectivity index (χ0n) is 20.0. The Balaban J connectivity index is 2.38. The van der Waals surface area contributed by atoms with Crippen molar-refractivity contribution in [1.82, 2.24) is 0 Å². The number of hydrogen-bond donors (Lipinski definition) is 0. The molecule has 34 heavy (non-hydrogen) atoms. The number of para-hydroxylation sites is 1. The standard InChI is InChI=1S/C24H30ClN3O6/c1-6-31-17-13-14-18(21(15-17)33-8-3)26-27-22(16(5)29)24(30)28(25)19-11-10-12-20(32-7-2)23(19)34-9-4/h10-15,22H,6-9H2,1-5H3. The molecular formula is C24H30ClN3O6. The predicted octanol–water partition coefficient (Wildman–Crippen LogP) is 5.51. The van der Waals surface area contributed by atoms with E-state index in [4.69, 9.17) is 30.7 Å². The van der Waals surface area contributed by atoms with Crippen LogP contribution in [0.2, 0.25) is 0 Å². The third-order valence-corrected chi connectivity index (χ3v) is 4.74. The molecule has 0 saturated carbocycles. The minimum Gasteiger partial charge on any atom is -0.494 e. The van der Waals surface area contributed by atoms with E-state index in [9.17, 15) is 9.59 Å². The molecule has 0 aliphatic heterocycles. The largest absolute Gasteiger partial charge is 0.494 e. The number of carbonyl (C=O) groups excluding carboxylic acids is 2. The number of Topliss-reactive ketones (excluding diaryl/α,β-unsaturated/α-hetero) is 1. The second-order valence-electron chi connectivity index (χ2n) is 6.81. The lowest BCUT2D eigenvalue weighted by molar-refractivity contribution is -0.126. The van der Waals surface area contributed by atoms with Crippen LogP contribution in [-0.4, -0.2) is 44.2 Å². The van der Waals surface area contributed by atoms with E-state index in [0.29, 0.717) is 55.1 Å². The monoisotopic (exact) mass is 491 g/mol. The number of hydrogen-bond acceptors (Lipinski definition) is 8. The fraction of sp³-hybridized carbons (Fsp3) is 0.417. The first-order chi connectivity index (χ1) is 16.4. The highest BCUT2D eigenvalue weighted by atomic mass is 35.5. The van der Waals surface area contributed by atoms with Crippen LogP contribution in [0.25, 0.3) is 0 Å². The van der Waals surface area contributed by atoms with E-state index in [1.165, 1.54) is 6.92 Å². The van der Waals surface area contributed by atoms with Crippen LogP contribution in [-0.2, 0) is 9.59 Å². The predicted molar refractivity (Wildman–Crippen MR) is 130 cm³/mol. The highest BCUT2D eigenvalue weighted by Crippen LogP contribution is 2.39. The molecule has 2 rings (SSSR count). The molecule has 1 unspecified atom stereocenters. The molecule has 0 aliphatic rings. The van der Waals surface area contributed by atoms with Crippen LogP contribution in [0.5, 0.6) is 23.0 Å². The maximum Gasteiger partial charge on any atom is 0.276 e. The maximum atomic E-state index is 13.2. The number of anilines is 1. The summed E-state index contributed by atoms with van der Waals surface area (Å²) in [5.41, 5.74) is 0.579. The van der Waals surface area contributed by atoms with Gasteiger partial charge in [-0.05, 0) is 58.9 Å². The second-order valence-corrected chi connectivity index (χ2v) is 7.15. The van der Waals surface area contributed by atoms with Crippen molar-refractivity contribution >= 4 is 34.8 Å². The van der Waals surface area contributed by atoms with Crippen molar-refractivity contribution in [3.8, 4) is 23.0 Å². The highest BCUT2D eigenvalue weighted by molar-refractivity contribution is 6.39. The highest BCUT2D eigenvalue weighted by Gasteiger charge is 2.31. The lowest BCUT2D eigenvalue weighted by atomic mass is 10.2. The number of nitrogens with zero attached hydrogens (tertiary/aromatic N) is 3. The van der Waals surface area contributed by atoms with Gasteiger partial charge in [0.2, 0.25) is 6.04 Å². The molecule has 0 aromatic heterocycles. The summed E-state index contributed by atoms with van der Waals surface area (Å²) >= 11 is 6.38. The summed E-state index contributed by atoms with van der Waals surface area (Å²) < 4.78 is 23.1. The molecule has 2 aromatic rings. The Morgan fingerprint density at radius 2 is 1.56 bits per heavy atom. The third kappa shape index (κ3) is 6.84. The minimum atomic E-state index is -1.47. The Morgan fingerprint density at radius 1 is 0.912 bits per heavy atom. The number of amides is 1. The Bertz CT molecular complexity index is 1010. The molecule has 0 saturated heterocycles. The number of halogens is 1. The van der Waals surface area contributed by atoms with Crippen LogP contribution in [0.4, 0.5) is 11.4 Å². The van der Waals surface area contributed by atoms with Crippen LogP contribution in [0.1, 0.15) is 34.6 Å². The van der Waals surface area contributed by atoms with Gasteiger partial charge in [0.1, 0.15) is 22.9 Å². The molecule has 0 radical (unpaired) electrons. The van der Waals surface area contributed by atoms with Crippen molar-refractivity contribution < 1.29 is 28.5 Å². The number of ether oxygens (including phenoxy) is 4. The van der Waals surface area contributed by atoms with Crippen molar-refractivity contribution in [2.75, 3.05) is 30.8 Å². The Kier molecular flexibility index (Phi) is 10.6. The van der Waals surface area contributed by atoms with Crippen LogP contribution in [0.15, 0.2) is 46.6 Å². The number of benzene rings is 2. The molecule has 0 N–H and O–H groups in total. The molecule has 0 aliphatic carbocycles. The van der Waals surface area contributed by atoms with Crippen molar-refractivity contribution in [1.29, 1.82) is 0 Å². The zero-order valence-corrected chi connectivity index (χ0v) is 20.8. The van der Waals surface area contributed by atoms with Crippen molar-refractivity contribution in [2.24, 2.45) is 10.2 Å². The first-order valence-electron chi connectivity index (χ1n) is 11.1. The molecule has 0 spiro atoms. The first-order valence-corrected chi connectivity index (χ1v) is 11.4. The summed E-state index contributed by atoms with van der Waals surface area (Å²) in [6.45, 7) is 10.2. The van der Waals surface area contributed by atoms with Crippen LogP contribution >= 0.6 is 11.8 Å². The van der Waals surface area contributed by atoms with E-state index < -0.39 is 17.7 Å². The molecule has 1 amide bonds. The molecule has 1 atom stereocenters. The number of ketones is 1. The van der Waals surface area contributed by atoms with Gasteiger partial charge < -0.3 is 18.9 Å². The minimum absolute atomic E-state index is 0.233. The van der Waals surface area contributed by atoms with Crippen LogP contribution in [0.3, 0.4) is 0 Å². The molecule has 0 fully saturated rings. The van der Waals surface area contributed by atoms with Gasteiger partial charge >= 0.3 is 0 Å². The van der Waals surface area contributed by atoms with E-state index in [0.717, 1.165) is 4.42 Å². The fourth-order valence-electron chi connectivity index (χ4n) is 2.97. The van der Waals surface area contributed by atoms with E-state index in [1.807, 2.05) is 20.8 Å². The average molecular weight is 492 g/mol.